The van der Waals surface area contributed by atoms with Crippen LogP contribution >= 0.6 is 0 Å². The van der Waals surface area contributed by atoms with Crippen LogP contribution in [-0.2, 0) is 14.3 Å². The normalized spacial score (nSPS) is 10.2. The molecule has 0 aliphatic rings. The number of carboxylic acid groups (broad SMARTS) is 1. The van der Waals surface area contributed by atoms with Crippen molar-refractivity contribution in [3.8, 4) is 0 Å². The Morgan fingerprint density at radius 1 is 1.46 bits per heavy atom. The third-order valence-corrected chi connectivity index (χ3v) is 1.24. The molecule has 0 aromatic heterocycles. The van der Waals surface area contributed by atoms with Gasteiger partial charge in [-0.05, 0) is 12.8 Å². The van der Waals surface area contributed by atoms with Crippen molar-refractivity contribution in [2.75, 3.05) is 6.61 Å². The Labute approximate surface area is 77.2 Å². The van der Waals surface area contributed by atoms with Crippen LogP contribution in [0.3, 0.4) is 0 Å². The summed E-state index contributed by atoms with van der Waals surface area (Å²) in [5, 5.41) is 8.22. The molecule has 4 nitrogen and oxygen atoms in total. The van der Waals surface area contributed by atoms with Gasteiger partial charge in [0.1, 0.15) is 0 Å². The zero-order valence-corrected chi connectivity index (χ0v) is 7.66. The second-order valence-corrected chi connectivity index (χ2v) is 2.50. The SMILES string of the molecule is CCCOC(=O)CCC=CC(=O)O. The van der Waals surface area contributed by atoms with Crippen molar-refractivity contribution in [3.63, 3.8) is 0 Å². The lowest BCUT2D eigenvalue weighted by Crippen LogP contribution is -2.04. The van der Waals surface area contributed by atoms with Gasteiger partial charge in [-0.1, -0.05) is 13.0 Å². The van der Waals surface area contributed by atoms with Crippen molar-refractivity contribution >= 4 is 11.9 Å². The predicted molar refractivity (Wildman–Crippen MR) is 47.3 cm³/mol. The molecule has 0 bridgehead atoms. The van der Waals surface area contributed by atoms with Gasteiger partial charge in [0.25, 0.3) is 0 Å². The molecule has 0 fully saturated rings. The molecule has 74 valence electrons. The standard InChI is InChI=1S/C9H14O4/c1-2-7-13-9(12)6-4-3-5-8(10)11/h3,5H,2,4,6-7H2,1H3,(H,10,11). The Bertz CT molecular complexity index is 196. The Morgan fingerprint density at radius 2 is 2.15 bits per heavy atom. The first-order chi connectivity index (χ1) is 6.16. The summed E-state index contributed by atoms with van der Waals surface area (Å²) in [6, 6.07) is 0. The van der Waals surface area contributed by atoms with E-state index in [0.29, 0.717) is 13.0 Å². The second-order valence-electron chi connectivity index (χ2n) is 2.50. The maximum Gasteiger partial charge on any atom is 0.327 e. The van der Waals surface area contributed by atoms with Crippen LogP contribution < -0.4 is 0 Å². The van der Waals surface area contributed by atoms with Crippen LogP contribution in [0.4, 0.5) is 0 Å². The van der Waals surface area contributed by atoms with Gasteiger partial charge in [0.05, 0.1) is 6.61 Å². The first-order valence-corrected chi connectivity index (χ1v) is 4.22. The Morgan fingerprint density at radius 3 is 2.69 bits per heavy atom. The van der Waals surface area contributed by atoms with Crippen molar-refractivity contribution in [1.82, 2.24) is 0 Å². The van der Waals surface area contributed by atoms with Crippen molar-refractivity contribution in [1.29, 1.82) is 0 Å². The zero-order chi connectivity index (χ0) is 10.1. The van der Waals surface area contributed by atoms with Gasteiger partial charge in [0.15, 0.2) is 0 Å². The second kappa shape index (κ2) is 7.34. The van der Waals surface area contributed by atoms with E-state index in [4.69, 9.17) is 9.84 Å². The molecule has 1 N–H and O–H groups in total. The fraction of sp³-hybridized carbons (Fsp3) is 0.556. The monoisotopic (exact) mass is 186 g/mol. The van der Waals surface area contributed by atoms with E-state index in [1.54, 1.807) is 0 Å². The Hall–Kier alpha value is -1.32. The summed E-state index contributed by atoms with van der Waals surface area (Å²) in [5.74, 6) is -1.28. The molecule has 13 heavy (non-hydrogen) atoms. The molecule has 4 heteroatoms. The minimum Gasteiger partial charge on any atom is -0.478 e. The number of carbonyl (C=O) groups excluding carboxylic acids is 1. The molecule has 0 unspecified atom stereocenters. The molecule has 0 aromatic carbocycles. The van der Waals surface area contributed by atoms with Crippen LogP contribution in [0.1, 0.15) is 26.2 Å². The summed E-state index contributed by atoms with van der Waals surface area (Å²) in [5.41, 5.74) is 0. The molecule has 0 saturated carbocycles. The van der Waals surface area contributed by atoms with E-state index >= 15 is 0 Å². The van der Waals surface area contributed by atoms with Crippen LogP contribution in [0.5, 0.6) is 0 Å². The first kappa shape index (κ1) is 11.7. The number of ether oxygens (including phenoxy) is 1. The molecule has 0 amide bonds. The number of rotatable bonds is 6. The molecule has 0 spiro atoms. The minimum atomic E-state index is -0.998. The molecular formula is C9H14O4. The average Bonchev–Trinajstić information content (AvgIpc) is 2.08. The minimum absolute atomic E-state index is 0.240. The Balaban J connectivity index is 3.42. The summed E-state index contributed by atoms with van der Waals surface area (Å²) in [7, 11) is 0. The number of aliphatic carboxylic acids is 1. The Kier molecular flexibility index (Phi) is 6.59. The lowest BCUT2D eigenvalue weighted by molar-refractivity contribution is -0.143. The number of allylic oxidation sites excluding steroid dienone is 1. The van der Waals surface area contributed by atoms with Gasteiger partial charge in [-0.15, -0.1) is 0 Å². The highest BCUT2D eigenvalue weighted by atomic mass is 16.5. The highest BCUT2D eigenvalue weighted by Crippen LogP contribution is 1.95. The van der Waals surface area contributed by atoms with Gasteiger partial charge in [-0.2, -0.15) is 0 Å². The van der Waals surface area contributed by atoms with Gasteiger partial charge in [0, 0.05) is 12.5 Å². The zero-order valence-electron chi connectivity index (χ0n) is 7.66. The number of carbonyl (C=O) groups is 2. The van der Waals surface area contributed by atoms with Gasteiger partial charge in [-0.25, -0.2) is 4.79 Å². The van der Waals surface area contributed by atoms with E-state index in [1.165, 1.54) is 6.08 Å². The highest BCUT2D eigenvalue weighted by molar-refractivity contribution is 5.79. The van der Waals surface area contributed by atoms with E-state index in [9.17, 15) is 9.59 Å². The first-order valence-electron chi connectivity index (χ1n) is 4.22. The van der Waals surface area contributed by atoms with Gasteiger partial charge < -0.3 is 9.84 Å². The third kappa shape index (κ3) is 8.59. The fourth-order valence-electron chi connectivity index (χ4n) is 0.673. The van der Waals surface area contributed by atoms with Crippen molar-refractivity contribution in [2.24, 2.45) is 0 Å². The molecule has 0 aliphatic carbocycles. The number of esters is 1. The summed E-state index contributed by atoms with van der Waals surface area (Å²) in [4.78, 5) is 20.9. The summed E-state index contributed by atoms with van der Waals surface area (Å²) in [6.07, 6.45) is 3.91. The van der Waals surface area contributed by atoms with Crippen LogP contribution in [0.25, 0.3) is 0 Å². The molecule has 0 saturated heterocycles. The summed E-state index contributed by atoms with van der Waals surface area (Å²) < 4.78 is 4.78. The molecule has 0 heterocycles. The van der Waals surface area contributed by atoms with Crippen molar-refractivity contribution in [3.05, 3.63) is 12.2 Å². The van der Waals surface area contributed by atoms with Crippen molar-refractivity contribution < 1.29 is 19.4 Å². The van der Waals surface area contributed by atoms with Crippen LogP contribution in [-0.4, -0.2) is 23.7 Å². The van der Waals surface area contributed by atoms with E-state index in [1.807, 2.05) is 6.92 Å². The number of carboxylic acids is 1. The smallest absolute Gasteiger partial charge is 0.327 e. The number of hydrogen-bond donors (Lipinski definition) is 1. The molecule has 0 rings (SSSR count). The molecule has 0 aliphatic heterocycles. The average molecular weight is 186 g/mol. The third-order valence-electron chi connectivity index (χ3n) is 1.24. The fourth-order valence-corrected chi connectivity index (χ4v) is 0.673. The van der Waals surface area contributed by atoms with E-state index in [0.717, 1.165) is 12.5 Å². The summed E-state index contributed by atoms with van der Waals surface area (Å²) in [6.45, 7) is 2.35. The van der Waals surface area contributed by atoms with Gasteiger partial charge in [0.2, 0.25) is 0 Å². The lowest BCUT2D eigenvalue weighted by atomic mass is 10.3. The van der Waals surface area contributed by atoms with E-state index < -0.39 is 5.97 Å². The van der Waals surface area contributed by atoms with E-state index in [2.05, 4.69) is 0 Å². The maximum absolute atomic E-state index is 10.8. The maximum atomic E-state index is 10.8. The van der Waals surface area contributed by atoms with Gasteiger partial charge >= 0.3 is 11.9 Å². The number of hydrogen-bond acceptors (Lipinski definition) is 3. The van der Waals surface area contributed by atoms with Crippen LogP contribution in [0.2, 0.25) is 0 Å². The largest absolute Gasteiger partial charge is 0.478 e. The van der Waals surface area contributed by atoms with E-state index in [-0.39, 0.29) is 12.4 Å². The summed E-state index contributed by atoms with van der Waals surface area (Å²) >= 11 is 0. The van der Waals surface area contributed by atoms with Crippen molar-refractivity contribution in [2.45, 2.75) is 26.2 Å². The molecule has 0 atom stereocenters. The highest BCUT2D eigenvalue weighted by Gasteiger charge is 1.99. The lowest BCUT2D eigenvalue weighted by Gasteiger charge is -1.99. The quantitative estimate of drug-likeness (QED) is 0.502. The van der Waals surface area contributed by atoms with Gasteiger partial charge in [-0.3, -0.25) is 4.79 Å². The molecule has 0 aromatic rings. The molecule has 0 radical (unpaired) electrons. The topological polar surface area (TPSA) is 63.6 Å². The predicted octanol–water partition coefficient (Wildman–Crippen LogP) is 1.36. The van der Waals surface area contributed by atoms with Crippen LogP contribution in [0.15, 0.2) is 12.2 Å². The molecular weight excluding hydrogens is 172 g/mol. The van der Waals surface area contributed by atoms with Crippen LogP contribution in [0, 0.1) is 0 Å².